The number of halogens is 1. The molecule has 0 spiro atoms. The van der Waals surface area contributed by atoms with Crippen LogP contribution in [0.5, 0.6) is 11.5 Å². The van der Waals surface area contributed by atoms with Crippen molar-refractivity contribution in [2.24, 2.45) is 5.16 Å². The van der Waals surface area contributed by atoms with E-state index in [0.29, 0.717) is 22.2 Å². The number of anilines is 1. The summed E-state index contributed by atoms with van der Waals surface area (Å²) in [6.07, 6.45) is 0.384. The Morgan fingerprint density at radius 2 is 1.86 bits per heavy atom. The molecule has 29 heavy (non-hydrogen) atoms. The zero-order valence-electron chi connectivity index (χ0n) is 16.2. The van der Waals surface area contributed by atoms with Crippen LogP contribution >= 0.6 is 11.6 Å². The topological polar surface area (TPSA) is 95.5 Å². The van der Waals surface area contributed by atoms with Gasteiger partial charge >= 0.3 is 5.97 Å². The van der Waals surface area contributed by atoms with E-state index in [4.69, 9.17) is 30.6 Å². The van der Waals surface area contributed by atoms with Gasteiger partial charge in [-0.25, -0.2) is 4.79 Å². The van der Waals surface area contributed by atoms with Crippen LogP contribution in [0.3, 0.4) is 0 Å². The van der Waals surface area contributed by atoms with E-state index in [0.717, 1.165) is 5.56 Å². The zero-order chi connectivity index (χ0) is 21.2. The van der Waals surface area contributed by atoms with Gasteiger partial charge in [0, 0.05) is 5.02 Å². The van der Waals surface area contributed by atoms with Crippen molar-refractivity contribution in [1.29, 1.82) is 0 Å². The van der Waals surface area contributed by atoms with Gasteiger partial charge in [0.05, 0.1) is 26.1 Å². The summed E-state index contributed by atoms with van der Waals surface area (Å²) in [7, 11) is 3.04. The Balaban J connectivity index is 1.79. The molecule has 0 saturated carbocycles. The lowest BCUT2D eigenvalue weighted by molar-refractivity contribution is -0.157. The third-order valence-corrected chi connectivity index (χ3v) is 3.91. The van der Waals surface area contributed by atoms with Crippen molar-refractivity contribution >= 4 is 35.4 Å². The van der Waals surface area contributed by atoms with E-state index in [1.165, 1.54) is 26.3 Å². The molecule has 8 nitrogen and oxygen atoms in total. The van der Waals surface area contributed by atoms with E-state index in [9.17, 15) is 9.59 Å². The summed E-state index contributed by atoms with van der Waals surface area (Å²) in [4.78, 5) is 28.9. The average Bonchev–Trinajstić information content (AvgIpc) is 2.71. The smallest absolute Gasteiger partial charge is 0.347 e. The Morgan fingerprint density at radius 1 is 1.14 bits per heavy atom. The summed E-state index contributed by atoms with van der Waals surface area (Å²) in [6, 6.07) is 11.9. The fourth-order valence-corrected chi connectivity index (χ4v) is 2.35. The summed E-state index contributed by atoms with van der Waals surface area (Å²) in [5.41, 5.74) is 1.13. The van der Waals surface area contributed by atoms with Crippen LogP contribution in [-0.2, 0) is 19.2 Å². The molecule has 0 aliphatic carbocycles. The van der Waals surface area contributed by atoms with Crippen LogP contribution in [0.25, 0.3) is 0 Å². The number of hydrogen-bond acceptors (Lipinski definition) is 7. The molecule has 0 aliphatic rings. The number of hydrogen-bond donors (Lipinski definition) is 1. The minimum Gasteiger partial charge on any atom is -0.497 e. The summed E-state index contributed by atoms with van der Waals surface area (Å²) in [6.45, 7) is 0.996. The third-order valence-electron chi connectivity index (χ3n) is 3.67. The first kappa shape index (κ1) is 22.0. The van der Waals surface area contributed by atoms with Crippen LogP contribution in [0.1, 0.15) is 12.5 Å². The first-order chi connectivity index (χ1) is 13.9. The Morgan fingerprint density at radius 3 is 2.52 bits per heavy atom. The second-order valence-corrected chi connectivity index (χ2v) is 6.18. The number of methoxy groups -OCH3 is 2. The second kappa shape index (κ2) is 10.9. The van der Waals surface area contributed by atoms with E-state index in [1.54, 1.807) is 43.5 Å². The monoisotopic (exact) mass is 420 g/mol. The van der Waals surface area contributed by atoms with Gasteiger partial charge in [0.25, 0.3) is 5.91 Å². The minimum absolute atomic E-state index is 0.369. The summed E-state index contributed by atoms with van der Waals surface area (Å²) < 4.78 is 15.2. The lowest BCUT2D eigenvalue weighted by atomic mass is 10.2. The van der Waals surface area contributed by atoms with Crippen LogP contribution < -0.4 is 14.8 Å². The second-order valence-electron chi connectivity index (χ2n) is 5.75. The molecule has 0 aliphatic heterocycles. The maximum Gasteiger partial charge on any atom is 0.347 e. The van der Waals surface area contributed by atoms with Crippen molar-refractivity contribution in [3.63, 3.8) is 0 Å². The van der Waals surface area contributed by atoms with Crippen molar-refractivity contribution in [3.8, 4) is 11.5 Å². The number of nitrogens with one attached hydrogen (secondary N) is 1. The number of ether oxygens (including phenoxy) is 3. The molecule has 1 amide bonds. The molecule has 9 heteroatoms. The van der Waals surface area contributed by atoms with Gasteiger partial charge in [-0.1, -0.05) is 16.8 Å². The van der Waals surface area contributed by atoms with Gasteiger partial charge < -0.3 is 24.4 Å². The number of carbonyl (C=O) groups excluding carboxylic acids is 2. The molecular formula is C20H21ClN2O6. The molecule has 2 aromatic rings. The third kappa shape index (κ3) is 7.00. The van der Waals surface area contributed by atoms with Crippen molar-refractivity contribution < 1.29 is 28.6 Å². The maximum absolute atomic E-state index is 12.2. The van der Waals surface area contributed by atoms with E-state index in [2.05, 4.69) is 10.5 Å². The molecule has 0 radical (unpaired) electrons. The molecule has 1 N–H and O–H groups in total. The number of oxime groups is 1. The quantitative estimate of drug-likeness (QED) is 0.380. The van der Waals surface area contributed by atoms with Crippen LogP contribution in [0.15, 0.2) is 47.6 Å². The Hall–Kier alpha value is -3.26. The van der Waals surface area contributed by atoms with Gasteiger partial charge in [-0.05, 0) is 55.0 Å². The van der Waals surface area contributed by atoms with Gasteiger partial charge in [0.2, 0.25) is 6.61 Å². The van der Waals surface area contributed by atoms with Crippen molar-refractivity contribution in [1.82, 2.24) is 0 Å². The number of benzene rings is 2. The van der Waals surface area contributed by atoms with E-state index >= 15 is 0 Å². The summed E-state index contributed by atoms with van der Waals surface area (Å²) in [5, 5.41) is 6.72. The van der Waals surface area contributed by atoms with Crippen LogP contribution in [0, 0.1) is 0 Å². The summed E-state index contributed by atoms with van der Waals surface area (Å²) in [5.74, 6) is -0.134. The zero-order valence-corrected chi connectivity index (χ0v) is 16.9. The minimum atomic E-state index is -1.06. The van der Waals surface area contributed by atoms with Gasteiger partial charge in [-0.2, -0.15) is 0 Å². The number of amides is 1. The van der Waals surface area contributed by atoms with Crippen LogP contribution in [0.4, 0.5) is 5.69 Å². The first-order valence-electron chi connectivity index (χ1n) is 8.56. The Bertz CT molecular complexity index is 870. The standard InChI is InChI=1S/C20H21ClN2O6/c1-13(20(25)23-17-10-15(21)6-9-18(17)27-3)29-19(24)12-28-22-11-14-4-7-16(26-2)8-5-14/h4-11,13H,12H2,1-3H3,(H,23,25)/b22-11-/t13-/m0/s1. The van der Waals surface area contributed by atoms with Crippen LogP contribution in [-0.4, -0.2) is 45.0 Å². The van der Waals surface area contributed by atoms with Crippen molar-refractivity contribution in [2.75, 3.05) is 26.1 Å². The van der Waals surface area contributed by atoms with Gasteiger partial charge in [-0.3, -0.25) is 4.79 Å². The van der Waals surface area contributed by atoms with Crippen molar-refractivity contribution in [3.05, 3.63) is 53.1 Å². The molecule has 2 rings (SSSR count). The van der Waals surface area contributed by atoms with E-state index in [1.807, 2.05) is 0 Å². The number of carbonyl (C=O) groups is 2. The highest BCUT2D eigenvalue weighted by Crippen LogP contribution is 2.27. The molecular weight excluding hydrogens is 400 g/mol. The normalized spacial score (nSPS) is 11.6. The fourth-order valence-electron chi connectivity index (χ4n) is 2.18. The fraction of sp³-hybridized carbons (Fsp3) is 0.250. The highest BCUT2D eigenvalue weighted by Gasteiger charge is 2.19. The highest BCUT2D eigenvalue weighted by atomic mass is 35.5. The van der Waals surface area contributed by atoms with Crippen molar-refractivity contribution in [2.45, 2.75) is 13.0 Å². The largest absolute Gasteiger partial charge is 0.497 e. The highest BCUT2D eigenvalue weighted by molar-refractivity contribution is 6.31. The molecule has 0 bridgehead atoms. The predicted octanol–water partition coefficient (Wildman–Crippen LogP) is 3.28. The van der Waals surface area contributed by atoms with Gasteiger partial charge in [0.1, 0.15) is 11.5 Å². The molecule has 2 aromatic carbocycles. The van der Waals surface area contributed by atoms with Crippen LogP contribution in [0.2, 0.25) is 5.02 Å². The molecule has 0 heterocycles. The molecule has 0 saturated heterocycles. The predicted molar refractivity (Wildman–Crippen MR) is 109 cm³/mol. The maximum atomic E-state index is 12.2. The van der Waals surface area contributed by atoms with Gasteiger partial charge in [-0.15, -0.1) is 0 Å². The molecule has 154 valence electrons. The summed E-state index contributed by atoms with van der Waals surface area (Å²) >= 11 is 5.92. The Kier molecular flexibility index (Phi) is 8.29. The Labute approximate surface area is 173 Å². The lowest BCUT2D eigenvalue weighted by Crippen LogP contribution is -2.31. The van der Waals surface area contributed by atoms with E-state index < -0.39 is 24.6 Å². The van der Waals surface area contributed by atoms with Gasteiger partial charge in [0.15, 0.2) is 6.10 Å². The molecule has 1 atom stereocenters. The number of rotatable bonds is 9. The number of esters is 1. The lowest BCUT2D eigenvalue weighted by Gasteiger charge is -2.15. The molecule has 0 unspecified atom stereocenters. The molecule has 0 aromatic heterocycles. The average molecular weight is 421 g/mol. The SMILES string of the molecule is COc1ccc(/C=N\OCC(=O)O[C@@H](C)C(=O)Nc2cc(Cl)ccc2OC)cc1. The molecule has 0 fully saturated rings. The first-order valence-corrected chi connectivity index (χ1v) is 8.94. The number of nitrogens with zero attached hydrogens (tertiary/aromatic N) is 1. The van der Waals surface area contributed by atoms with E-state index in [-0.39, 0.29) is 0 Å².